The molecule has 0 bridgehead atoms. The molecule has 3 rings (SSSR count). The molecule has 2 aliphatic heterocycles. The molecule has 1 aromatic heterocycles. The first kappa shape index (κ1) is 13.7. The average Bonchev–Trinajstić information content (AvgIpc) is 3.03. The number of hydrogen-bond acceptors (Lipinski definition) is 2. The lowest BCUT2D eigenvalue weighted by Gasteiger charge is -2.23. The Morgan fingerprint density at radius 1 is 1.05 bits per heavy atom. The van der Waals surface area contributed by atoms with E-state index in [-0.39, 0.29) is 5.91 Å². The maximum Gasteiger partial charge on any atom is 0.270 e. The van der Waals surface area contributed by atoms with Crippen LogP contribution in [-0.4, -0.2) is 46.0 Å². The summed E-state index contributed by atoms with van der Waals surface area (Å²) in [7, 11) is 0. The van der Waals surface area contributed by atoms with Gasteiger partial charge in [0.15, 0.2) is 0 Å². The minimum atomic E-state index is 0.228. The van der Waals surface area contributed by atoms with Gasteiger partial charge in [-0.3, -0.25) is 9.69 Å². The van der Waals surface area contributed by atoms with Crippen molar-refractivity contribution in [2.45, 2.75) is 52.2 Å². The molecule has 2 aliphatic rings. The molecule has 110 valence electrons. The Bertz CT molecular complexity index is 486. The number of likely N-dealkylation sites (tertiary alicyclic amines) is 1. The summed E-state index contributed by atoms with van der Waals surface area (Å²) in [6, 6.07) is 4.73. The third kappa shape index (κ3) is 2.49. The summed E-state index contributed by atoms with van der Waals surface area (Å²) >= 11 is 0. The number of rotatable bonds is 2. The summed E-state index contributed by atoms with van der Waals surface area (Å²) in [6.45, 7) is 9.40. The van der Waals surface area contributed by atoms with Crippen molar-refractivity contribution in [2.24, 2.45) is 0 Å². The Morgan fingerprint density at radius 2 is 1.80 bits per heavy atom. The van der Waals surface area contributed by atoms with Crippen LogP contribution in [0.25, 0.3) is 0 Å². The van der Waals surface area contributed by atoms with E-state index >= 15 is 0 Å². The van der Waals surface area contributed by atoms with Crippen LogP contribution >= 0.6 is 0 Å². The van der Waals surface area contributed by atoms with Crippen molar-refractivity contribution in [3.8, 4) is 0 Å². The van der Waals surface area contributed by atoms with E-state index in [1.165, 1.54) is 5.69 Å². The van der Waals surface area contributed by atoms with Gasteiger partial charge in [-0.2, -0.15) is 0 Å². The molecule has 0 N–H and O–H groups in total. The largest absolute Gasteiger partial charge is 0.339 e. The second kappa shape index (κ2) is 5.60. The summed E-state index contributed by atoms with van der Waals surface area (Å²) in [4.78, 5) is 17.1. The van der Waals surface area contributed by atoms with Gasteiger partial charge in [-0.25, -0.2) is 0 Å². The first-order chi connectivity index (χ1) is 9.66. The number of amides is 1. The van der Waals surface area contributed by atoms with Gasteiger partial charge < -0.3 is 9.47 Å². The predicted octanol–water partition coefficient (Wildman–Crippen LogP) is 2.34. The maximum absolute atomic E-state index is 12.6. The molecule has 0 saturated carbocycles. The van der Waals surface area contributed by atoms with E-state index in [9.17, 15) is 4.79 Å². The number of carbonyl (C=O) groups is 1. The number of fused-ring (bicyclic) bond motifs is 1. The highest BCUT2D eigenvalue weighted by Gasteiger charge is 2.25. The van der Waals surface area contributed by atoms with E-state index in [1.807, 2.05) is 11.0 Å². The van der Waals surface area contributed by atoms with Crippen LogP contribution in [0.4, 0.5) is 0 Å². The summed E-state index contributed by atoms with van der Waals surface area (Å²) in [6.07, 6.45) is 3.43. The Balaban J connectivity index is 1.83. The molecule has 1 fully saturated rings. The van der Waals surface area contributed by atoms with Crippen molar-refractivity contribution in [1.82, 2.24) is 14.4 Å². The minimum absolute atomic E-state index is 0.228. The third-order valence-electron chi connectivity index (χ3n) is 4.61. The first-order valence-electron chi connectivity index (χ1n) is 7.88. The Labute approximate surface area is 121 Å². The van der Waals surface area contributed by atoms with Gasteiger partial charge in [-0.05, 0) is 45.2 Å². The summed E-state index contributed by atoms with van der Waals surface area (Å²) in [5.41, 5.74) is 2.19. The molecule has 0 radical (unpaired) electrons. The fourth-order valence-electron chi connectivity index (χ4n) is 3.34. The fraction of sp³-hybridized carbons (Fsp3) is 0.688. The molecular formula is C16H25N3O. The van der Waals surface area contributed by atoms with Crippen LogP contribution in [0, 0.1) is 0 Å². The summed E-state index contributed by atoms with van der Waals surface area (Å²) < 4.78 is 2.25. The normalized spacial score (nSPS) is 20.2. The summed E-state index contributed by atoms with van der Waals surface area (Å²) in [5, 5.41) is 0. The van der Waals surface area contributed by atoms with Crippen LogP contribution < -0.4 is 0 Å². The van der Waals surface area contributed by atoms with Crippen LogP contribution in [0.15, 0.2) is 12.1 Å². The van der Waals surface area contributed by atoms with Crippen molar-refractivity contribution in [3.63, 3.8) is 0 Å². The zero-order chi connectivity index (χ0) is 14.1. The van der Waals surface area contributed by atoms with Crippen LogP contribution in [0.1, 0.15) is 49.3 Å². The van der Waals surface area contributed by atoms with Gasteiger partial charge in [-0.15, -0.1) is 0 Å². The monoisotopic (exact) mass is 275 g/mol. The first-order valence-corrected chi connectivity index (χ1v) is 7.88. The third-order valence-corrected chi connectivity index (χ3v) is 4.61. The van der Waals surface area contributed by atoms with Gasteiger partial charge in [0.1, 0.15) is 5.69 Å². The number of aromatic nitrogens is 1. The molecule has 4 nitrogen and oxygen atoms in total. The quantitative estimate of drug-likeness (QED) is 0.829. The van der Waals surface area contributed by atoms with E-state index in [0.717, 1.165) is 57.7 Å². The van der Waals surface area contributed by atoms with Crippen molar-refractivity contribution < 1.29 is 4.79 Å². The van der Waals surface area contributed by atoms with Crippen molar-refractivity contribution in [2.75, 3.05) is 19.6 Å². The van der Waals surface area contributed by atoms with E-state index in [0.29, 0.717) is 6.04 Å². The molecule has 1 aromatic rings. The molecule has 0 atom stereocenters. The van der Waals surface area contributed by atoms with Crippen LogP contribution in [0.3, 0.4) is 0 Å². The van der Waals surface area contributed by atoms with Gasteiger partial charge in [0, 0.05) is 44.5 Å². The molecule has 4 heteroatoms. The van der Waals surface area contributed by atoms with Gasteiger partial charge in [0.2, 0.25) is 0 Å². The highest BCUT2D eigenvalue weighted by molar-refractivity contribution is 5.93. The Kier molecular flexibility index (Phi) is 3.83. The van der Waals surface area contributed by atoms with Crippen molar-refractivity contribution in [3.05, 3.63) is 23.5 Å². The van der Waals surface area contributed by atoms with E-state index in [1.54, 1.807) is 0 Å². The number of hydrogen-bond donors (Lipinski definition) is 0. The number of carbonyl (C=O) groups excluding carboxylic acids is 1. The van der Waals surface area contributed by atoms with Crippen LogP contribution in [0.2, 0.25) is 0 Å². The van der Waals surface area contributed by atoms with Gasteiger partial charge in [0.05, 0.1) is 0 Å². The highest BCUT2D eigenvalue weighted by Crippen LogP contribution is 2.21. The Morgan fingerprint density at radius 3 is 2.50 bits per heavy atom. The van der Waals surface area contributed by atoms with E-state index in [4.69, 9.17) is 0 Å². The average molecular weight is 275 g/mol. The predicted molar refractivity (Wildman–Crippen MR) is 79.7 cm³/mol. The Hall–Kier alpha value is -1.29. The van der Waals surface area contributed by atoms with Crippen molar-refractivity contribution >= 4 is 5.91 Å². The van der Waals surface area contributed by atoms with Crippen LogP contribution in [0.5, 0.6) is 0 Å². The molecule has 0 aliphatic carbocycles. The van der Waals surface area contributed by atoms with E-state index < -0.39 is 0 Å². The van der Waals surface area contributed by atoms with Crippen molar-refractivity contribution in [1.29, 1.82) is 0 Å². The molecular weight excluding hydrogens is 250 g/mol. The topological polar surface area (TPSA) is 28.5 Å². The highest BCUT2D eigenvalue weighted by atomic mass is 16.2. The lowest BCUT2D eigenvalue weighted by Crippen LogP contribution is -2.30. The second-order valence-corrected chi connectivity index (χ2v) is 6.28. The summed E-state index contributed by atoms with van der Waals surface area (Å²) in [5.74, 6) is 0.228. The zero-order valence-corrected chi connectivity index (χ0v) is 12.6. The molecule has 0 unspecified atom stereocenters. The maximum atomic E-state index is 12.6. The molecule has 1 amide bonds. The smallest absolute Gasteiger partial charge is 0.270 e. The molecule has 20 heavy (non-hydrogen) atoms. The molecule has 0 spiro atoms. The fourth-order valence-corrected chi connectivity index (χ4v) is 3.34. The molecule has 0 aromatic carbocycles. The zero-order valence-electron chi connectivity index (χ0n) is 12.6. The molecule has 1 saturated heterocycles. The minimum Gasteiger partial charge on any atom is -0.339 e. The van der Waals surface area contributed by atoms with Gasteiger partial charge >= 0.3 is 0 Å². The van der Waals surface area contributed by atoms with E-state index in [2.05, 4.69) is 29.4 Å². The van der Waals surface area contributed by atoms with Gasteiger partial charge in [-0.1, -0.05) is 0 Å². The number of nitrogens with zero attached hydrogens (tertiary/aromatic N) is 3. The van der Waals surface area contributed by atoms with Crippen LogP contribution in [-0.2, 0) is 13.1 Å². The standard InChI is InChI=1S/C16H25N3O/c1-13(2)18-10-5-11-19-14(12-18)6-7-15(19)16(20)17-8-3-4-9-17/h6-7,13H,3-5,8-12H2,1-2H3. The van der Waals surface area contributed by atoms with Gasteiger partial charge in [0.25, 0.3) is 5.91 Å². The lowest BCUT2D eigenvalue weighted by molar-refractivity contribution is 0.0781. The molecule has 3 heterocycles. The lowest BCUT2D eigenvalue weighted by atomic mass is 10.2. The SMILES string of the molecule is CC(C)N1CCCn2c(ccc2C(=O)N2CCCC2)C1. The second-order valence-electron chi connectivity index (χ2n) is 6.28.